The molecule has 0 aromatic carbocycles. The van der Waals surface area contributed by atoms with Crippen molar-refractivity contribution in [3.63, 3.8) is 0 Å². The zero-order valence-corrected chi connectivity index (χ0v) is 5.34. The molecule has 2 aliphatic rings. The van der Waals surface area contributed by atoms with Gasteiger partial charge in [-0.25, -0.2) is 0 Å². The maximum atomic E-state index is 10.9. The molecule has 1 aliphatic carbocycles. The number of rotatable bonds is 1. The van der Waals surface area contributed by atoms with Crippen molar-refractivity contribution in [1.82, 2.24) is 5.32 Å². The molecule has 1 heterocycles. The van der Waals surface area contributed by atoms with Gasteiger partial charge < -0.3 is 0 Å². The fourth-order valence-electron chi connectivity index (χ4n) is 1.49. The van der Waals surface area contributed by atoms with E-state index < -0.39 is 0 Å². The molecule has 2 heteroatoms. The second-order valence-corrected chi connectivity index (χ2v) is 2.95. The van der Waals surface area contributed by atoms with Gasteiger partial charge in [-0.2, -0.15) is 0 Å². The van der Waals surface area contributed by atoms with Gasteiger partial charge in [0.25, 0.3) is 0 Å². The van der Waals surface area contributed by atoms with E-state index in [1.165, 1.54) is 12.8 Å². The lowest BCUT2D eigenvalue weighted by atomic mass is 10.0. The minimum Gasteiger partial charge on any atom is -0.273 e. The van der Waals surface area contributed by atoms with Crippen molar-refractivity contribution in [2.75, 3.05) is 6.54 Å². The first-order valence-electron chi connectivity index (χ1n) is 3.59. The van der Waals surface area contributed by atoms with E-state index in [0.29, 0.717) is 5.92 Å². The average Bonchev–Trinajstić information content (AvgIpc) is 2.58. The Kier molecular flexibility index (Phi) is 1.01. The topological polar surface area (TPSA) is 31.2 Å². The Morgan fingerprint density at radius 1 is 1.33 bits per heavy atom. The van der Waals surface area contributed by atoms with Crippen LogP contribution in [0.15, 0.2) is 0 Å². The van der Waals surface area contributed by atoms with Crippen LogP contribution in [-0.4, -0.2) is 12.5 Å². The van der Waals surface area contributed by atoms with Gasteiger partial charge in [-0.1, -0.05) is 0 Å². The molecule has 1 saturated carbocycles. The smallest absolute Gasteiger partial charge is 0.244 e. The highest BCUT2D eigenvalue weighted by molar-refractivity contribution is 5.80. The molecule has 0 aromatic heterocycles. The first-order valence-corrected chi connectivity index (χ1v) is 3.59. The number of nitrogens with zero attached hydrogens (tertiary/aromatic N) is 1. The van der Waals surface area contributed by atoms with Crippen LogP contribution >= 0.6 is 0 Å². The summed E-state index contributed by atoms with van der Waals surface area (Å²) in [4.78, 5) is 10.9. The summed E-state index contributed by atoms with van der Waals surface area (Å²) in [5.74, 6) is 1.24. The van der Waals surface area contributed by atoms with Crippen LogP contribution in [-0.2, 0) is 4.79 Å². The minimum atomic E-state index is 0.178. The van der Waals surface area contributed by atoms with Crippen LogP contribution in [0, 0.1) is 11.8 Å². The van der Waals surface area contributed by atoms with E-state index in [2.05, 4.69) is 5.32 Å². The summed E-state index contributed by atoms with van der Waals surface area (Å²) in [6.07, 6.45) is 3.57. The predicted molar refractivity (Wildman–Crippen MR) is 32.8 cm³/mol. The van der Waals surface area contributed by atoms with Crippen molar-refractivity contribution in [3.8, 4) is 0 Å². The van der Waals surface area contributed by atoms with Gasteiger partial charge in [0.1, 0.15) is 0 Å². The van der Waals surface area contributed by atoms with Crippen LogP contribution in [0.2, 0.25) is 0 Å². The van der Waals surface area contributed by atoms with E-state index in [9.17, 15) is 4.79 Å². The van der Waals surface area contributed by atoms with Crippen molar-refractivity contribution in [1.29, 1.82) is 0 Å². The number of amides is 1. The Morgan fingerprint density at radius 3 is 2.56 bits per heavy atom. The lowest BCUT2D eigenvalue weighted by Crippen LogP contribution is -2.14. The van der Waals surface area contributed by atoms with E-state index in [-0.39, 0.29) is 5.91 Å². The first-order chi connectivity index (χ1) is 4.38. The van der Waals surface area contributed by atoms with E-state index in [1.807, 2.05) is 0 Å². The third-order valence-corrected chi connectivity index (χ3v) is 2.22. The quantitative estimate of drug-likeness (QED) is 0.502. The lowest BCUT2D eigenvalue weighted by Gasteiger charge is -1.99. The van der Waals surface area contributed by atoms with Crippen LogP contribution < -0.4 is 5.32 Å². The maximum Gasteiger partial charge on any atom is 0.244 e. The monoisotopic (exact) mass is 124 g/mol. The molecule has 0 bridgehead atoms. The fourth-order valence-corrected chi connectivity index (χ4v) is 1.49. The van der Waals surface area contributed by atoms with Crippen molar-refractivity contribution in [3.05, 3.63) is 0 Å². The van der Waals surface area contributed by atoms with Gasteiger partial charge >= 0.3 is 0 Å². The molecule has 2 nitrogen and oxygen atoms in total. The third kappa shape index (κ3) is 0.824. The number of hydrogen-bond acceptors (Lipinski definition) is 1. The van der Waals surface area contributed by atoms with Gasteiger partial charge in [-0.15, -0.1) is 0 Å². The molecule has 2 fully saturated rings. The zero-order valence-electron chi connectivity index (χ0n) is 5.34. The highest BCUT2D eigenvalue weighted by atomic mass is 16.2. The molecule has 9 heavy (non-hydrogen) atoms. The van der Waals surface area contributed by atoms with Crippen molar-refractivity contribution < 1.29 is 4.79 Å². The Labute approximate surface area is 54.6 Å². The summed E-state index contributed by atoms with van der Waals surface area (Å²) in [6, 6.07) is 0. The first kappa shape index (κ1) is 5.27. The lowest BCUT2D eigenvalue weighted by molar-refractivity contribution is -0.123. The highest BCUT2D eigenvalue weighted by Crippen LogP contribution is 2.40. The van der Waals surface area contributed by atoms with Crippen LogP contribution in [0.1, 0.15) is 19.3 Å². The summed E-state index contributed by atoms with van der Waals surface area (Å²) in [5.41, 5.74) is 0. The standard InChI is InChI=1S/C7H10NO/c9-7-6(3-4-8-7)5-1-2-5/h5-6H,1-4H2. The molecular weight excluding hydrogens is 114 g/mol. The summed E-state index contributed by atoms with van der Waals surface area (Å²) in [5, 5.41) is 3.84. The fraction of sp³-hybridized carbons (Fsp3) is 0.857. The van der Waals surface area contributed by atoms with Gasteiger partial charge in [-0.3, -0.25) is 10.1 Å². The maximum absolute atomic E-state index is 10.9. The summed E-state index contributed by atoms with van der Waals surface area (Å²) < 4.78 is 0. The predicted octanol–water partition coefficient (Wildman–Crippen LogP) is 0.547. The molecule has 49 valence electrons. The molecule has 1 amide bonds. The molecule has 2 rings (SSSR count). The van der Waals surface area contributed by atoms with Crippen molar-refractivity contribution >= 4 is 5.91 Å². The zero-order chi connectivity index (χ0) is 6.27. The van der Waals surface area contributed by atoms with E-state index in [4.69, 9.17) is 0 Å². The van der Waals surface area contributed by atoms with E-state index in [1.54, 1.807) is 0 Å². The van der Waals surface area contributed by atoms with Crippen LogP contribution in [0.5, 0.6) is 0 Å². The van der Waals surface area contributed by atoms with Gasteiger partial charge in [0, 0.05) is 12.5 Å². The molecule has 1 aliphatic heterocycles. The van der Waals surface area contributed by atoms with Crippen molar-refractivity contribution in [2.45, 2.75) is 19.3 Å². The Morgan fingerprint density at radius 2 is 2.11 bits per heavy atom. The number of carbonyl (C=O) groups is 1. The SMILES string of the molecule is O=C1[N]CCC1C1CC1. The van der Waals surface area contributed by atoms with Gasteiger partial charge in [0.15, 0.2) is 0 Å². The largest absolute Gasteiger partial charge is 0.273 e. The van der Waals surface area contributed by atoms with Crippen LogP contribution in [0.25, 0.3) is 0 Å². The van der Waals surface area contributed by atoms with Gasteiger partial charge in [0.2, 0.25) is 5.91 Å². The molecule has 1 unspecified atom stereocenters. The van der Waals surface area contributed by atoms with E-state index >= 15 is 0 Å². The Bertz CT molecular complexity index is 140. The normalized spacial score (nSPS) is 34.7. The summed E-state index contributed by atoms with van der Waals surface area (Å²) >= 11 is 0. The van der Waals surface area contributed by atoms with Crippen LogP contribution in [0.4, 0.5) is 0 Å². The Balaban J connectivity index is 2.01. The average molecular weight is 124 g/mol. The third-order valence-electron chi connectivity index (χ3n) is 2.22. The Hall–Kier alpha value is -0.530. The molecule has 1 radical (unpaired) electrons. The molecule has 1 atom stereocenters. The number of carbonyl (C=O) groups excluding carboxylic acids is 1. The molecule has 0 aromatic rings. The van der Waals surface area contributed by atoms with Gasteiger partial charge in [0.05, 0.1) is 0 Å². The second-order valence-electron chi connectivity index (χ2n) is 2.95. The molecule has 0 spiro atoms. The highest BCUT2D eigenvalue weighted by Gasteiger charge is 2.39. The second kappa shape index (κ2) is 1.72. The van der Waals surface area contributed by atoms with Crippen LogP contribution in [0.3, 0.4) is 0 Å². The summed E-state index contributed by atoms with van der Waals surface area (Å²) in [7, 11) is 0. The summed E-state index contributed by atoms with van der Waals surface area (Å²) in [6.45, 7) is 0.792. The molecular formula is C7H10NO. The van der Waals surface area contributed by atoms with E-state index in [0.717, 1.165) is 18.9 Å². The molecule has 1 saturated heterocycles. The molecule has 0 N–H and O–H groups in total. The number of hydrogen-bond donors (Lipinski definition) is 0. The minimum absolute atomic E-state index is 0.178. The van der Waals surface area contributed by atoms with Gasteiger partial charge in [-0.05, 0) is 25.2 Å². The van der Waals surface area contributed by atoms with Crippen molar-refractivity contribution in [2.24, 2.45) is 11.8 Å².